The van der Waals surface area contributed by atoms with Gasteiger partial charge in [0.15, 0.2) is 0 Å². The van der Waals surface area contributed by atoms with Crippen molar-refractivity contribution in [1.82, 2.24) is 34.9 Å². The van der Waals surface area contributed by atoms with Crippen LogP contribution in [0.25, 0.3) is 5.69 Å². The average molecular weight is 329 g/mol. The molecule has 0 aromatic carbocycles. The van der Waals surface area contributed by atoms with E-state index in [1.165, 1.54) is 22.3 Å². The standard InChI is InChI=1S/C14H15N7OS/c22-14(13-12(4-8-23-13)21-10-15-17-18-21)20-7-1-3-11(20)9-19-6-2-5-16-19/h2,4-6,8,10-11H,1,3,7,9H2. The Morgan fingerprint density at radius 3 is 3.17 bits per heavy atom. The summed E-state index contributed by atoms with van der Waals surface area (Å²) >= 11 is 1.42. The minimum Gasteiger partial charge on any atom is -0.333 e. The molecule has 23 heavy (non-hydrogen) atoms. The molecule has 0 radical (unpaired) electrons. The number of carbonyl (C=O) groups is 1. The van der Waals surface area contributed by atoms with Crippen molar-refractivity contribution in [3.8, 4) is 5.69 Å². The van der Waals surface area contributed by atoms with Crippen LogP contribution in [0.3, 0.4) is 0 Å². The predicted molar refractivity (Wildman–Crippen MR) is 83.3 cm³/mol. The Kier molecular flexibility index (Phi) is 3.62. The summed E-state index contributed by atoms with van der Waals surface area (Å²) < 4.78 is 3.41. The molecule has 0 bridgehead atoms. The first kappa shape index (κ1) is 14.1. The van der Waals surface area contributed by atoms with Gasteiger partial charge in [-0.3, -0.25) is 9.48 Å². The fourth-order valence-electron chi connectivity index (χ4n) is 2.96. The van der Waals surface area contributed by atoms with Crippen LogP contribution < -0.4 is 0 Å². The molecule has 1 aliphatic heterocycles. The van der Waals surface area contributed by atoms with E-state index in [1.54, 1.807) is 6.20 Å². The zero-order chi connectivity index (χ0) is 15.6. The van der Waals surface area contributed by atoms with Crippen LogP contribution >= 0.6 is 11.3 Å². The van der Waals surface area contributed by atoms with Gasteiger partial charge in [-0.05, 0) is 40.8 Å². The molecule has 0 spiro atoms. The lowest BCUT2D eigenvalue weighted by atomic mass is 10.2. The predicted octanol–water partition coefficient (Wildman–Crippen LogP) is 1.23. The number of carbonyl (C=O) groups excluding carboxylic acids is 1. The highest BCUT2D eigenvalue weighted by molar-refractivity contribution is 7.12. The smallest absolute Gasteiger partial charge is 0.266 e. The van der Waals surface area contributed by atoms with Crippen LogP contribution in [0.2, 0.25) is 0 Å². The van der Waals surface area contributed by atoms with Crippen molar-refractivity contribution in [3.63, 3.8) is 0 Å². The maximum absolute atomic E-state index is 13.0. The monoisotopic (exact) mass is 329 g/mol. The number of amides is 1. The zero-order valence-electron chi connectivity index (χ0n) is 12.3. The SMILES string of the molecule is O=C(c1sccc1-n1cnnn1)N1CCCC1Cn1cccn1. The van der Waals surface area contributed by atoms with E-state index in [-0.39, 0.29) is 11.9 Å². The van der Waals surface area contributed by atoms with Crippen molar-refractivity contribution >= 4 is 17.2 Å². The largest absolute Gasteiger partial charge is 0.333 e. The molecule has 1 aliphatic rings. The molecule has 4 rings (SSSR count). The quantitative estimate of drug-likeness (QED) is 0.719. The normalized spacial score (nSPS) is 17.7. The first-order valence-electron chi connectivity index (χ1n) is 7.42. The summed E-state index contributed by atoms with van der Waals surface area (Å²) in [6.45, 7) is 1.50. The Bertz CT molecular complexity index is 780. The van der Waals surface area contributed by atoms with E-state index >= 15 is 0 Å². The first-order valence-corrected chi connectivity index (χ1v) is 8.30. The summed E-state index contributed by atoms with van der Waals surface area (Å²) in [5.41, 5.74) is 0.731. The summed E-state index contributed by atoms with van der Waals surface area (Å²) in [4.78, 5) is 15.6. The summed E-state index contributed by atoms with van der Waals surface area (Å²) in [5.74, 6) is 0.0418. The molecule has 1 fully saturated rings. The van der Waals surface area contributed by atoms with E-state index in [4.69, 9.17) is 0 Å². The van der Waals surface area contributed by atoms with Crippen molar-refractivity contribution in [3.05, 3.63) is 41.1 Å². The number of hydrogen-bond donors (Lipinski definition) is 0. The minimum atomic E-state index is 0.0418. The van der Waals surface area contributed by atoms with Crippen molar-refractivity contribution in [2.45, 2.75) is 25.4 Å². The van der Waals surface area contributed by atoms with Gasteiger partial charge in [0, 0.05) is 18.9 Å². The van der Waals surface area contributed by atoms with E-state index in [0.29, 0.717) is 4.88 Å². The summed E-state index contributed by atoms with van der Waals surface area (Å²) in [7, 11) is 0. The third-order valence-corrected chi connectivity index (χ3v) is 4.92. The number of rotatable bonds is 4. The molecule has 3 aromatic rings. The van der Waals surface area contributed by atoms with Crippen molar-refractivity contribution in [2.24, 2.45) is 0 Å². The number of hydrogen-bond acceptors (Lipinski definition) is 6. The van der Waals surface area contributed by atoms with Gasteiger partial charge in [-0.2, -0.15) is 9.78 Å². The lowest BCUT2D eigenvalue weighted by molar-refractivity contribution is 0.0726. The van der Waals surface area contributed by atoms with Crippen LogP contribution in [0.15, 0.2) is 36.2 Å². The molecule has 9 heteroatoms. The molecule has 8 nitrogen and oxygen atoms in total. The molecule has 1 atom stereocenters. The van der Waals surface area contributed by atoms with E-state index in [1.807, 2.05) is 33.3 Å². The summed E-state index contributed by atoms with van der Waals surface area (Å²) in [6.07, 6.45) is 7.21. The van der Waals surface area contributed by atoms with E-state index in [9.17, 15) is 4.79 Å². The molecule has 1 unspecified atom stereocenters. The number of aromatic nitrogens is 6. The molecule has 3 aromatic heterocycles. The molecule has 0 N–H and O–H groups in total. The minimum absolute atomic E-state index is 0.0418. The summed E-state index contributed by atoms with van der Waals surface area (Å²) in [6, 6.07) is 3.94. The zero-order valence-corrected chi connectivity index (χ0v) is 13.1. The number of thiophene rings is 1. The Morgan fingerprint density at radius 1 is 1.43 bits per heavy atom. The molecule has 0 saturated carbocycles. The van der Waals surface area contributed by atoms with Gasteiger partial charge in [0.2, 0.25) is 0 Å². The maximum Gasteiger partial charge on any atom is 0.266 e. The molecule has 1 saturated heterocycles. The molecule has 118 valence electrons. The van der Waals surface area contributed by atoms with Crippen LogP contribution in [0.5, 0.6) is 0 Å². The van der Waals surface area contributed by atoms with E-state index < -0.39 is 0 Å². The second-order valence-corrected chi connectivity index (χ2v) is 6.33. The van der Waals surface area contributed by atoms with Crippen LogP contribution in [-0.2, 0) is 6.54 Å². The second kappa shape index (κ2) is 5.92. The fraction of sp³-hybridized carbons (Fsp3) is 0.357. The molecule has 4 heterocycles. The van der Waals surface area contributed by atoms with Crippen LogP contribution in [0, 0.1) is 0 Å². The lowest BCUT2D eigenvalue weighted by Gasteiger charge is -2.24. The maximum atomic E-state index is 13.0. The number of nitrogens with zero attached hydrogens (tertiary/aromatic N) is 7. The van der Waals surface area contributed by atoms with Crippen LogP contribution in [-0.4, -0.2) is 53.4 Å². The van der Waals surface area contributed by atoms with Gasteiger partial charge in [0.1, 0.15) is 11.2 Å². The Hall–Kier alpha value is -2.55. The molecular formula is C14H15N7OS. The van der Waals surface area contributed by atoms with Gasteiger partial charge in [0.05, 0.1) is 18.3 Å². The lowest BCUT2D eigenvalue weighted by Crippen LogP contribution is -2.38. The van der Waals surface area contributed by atoms with Gasteiger partial charge in [-0.15, -0.1) is 16.4 Å². The topological polar surface area (TPSA) is 81.7 Å². The highest BCUT2D eigenvalue weighted by Crippen LogP contribution is 2.27. The van der Waals surface area contributed by atoms with Gasteiger partial charge in [0.25, 0.3) is 5.91 Å². The molecule has 0 aliphatic carbocycles. The fourth-order valence-corrected chi connectivity index (χ4v) is 3.80. The Morgan fingerprint density at radius 2 is 2.39 bits per heavy atom. The van der Waals surface area contributed by atoms with E-state index in [0.717, 1.165) is 31.6 Å². The van der Waals surface area contributed by atoms with Gasteiger partial charge >= 0.3 is 0 Å². The van der Waals surface area contributed by atoms with Gasteiger partial charge in [-0.1, -0.05) is 0 Å². The van der Waals surface area contributed by atoms with Crippen LogP contribution in [0.4, 0.5) is 0 Å². The van der Waals surface area contributed by atoms with Gasteiger partial charge in [-0.25, -0.2) is 0 Å². The third-order valence-electron chi connectivity index (χ3n) is 4.03. The average Bonchev–Trinajstić information content (AvgIpc) is 3.33. The first-order chi connectivity index (χ1) is 11.3. The van der Waals surface area contributed by atoms with E-state index in [2.05, 4.69) is 20.6 Å². The van der Waals surface area contributed by atoms with Crippen molar-refractivity contribution in [2.75, 3.05) is 6.54 Å². The van der Waals surface area contributed by atoms with Gasteiger partial charge < -0.3 is 4.90 Å². The number of tetrazole rings is 1. The molecule has 1 amide bonds. The van der Waals surface area contributed by atoms with Crippen molar-refractivity contribution < 1.29 is 4.79 Å². The Balaban J connectivity index is 1.58. The highest BCUT2D eigenvalue weighted by atomic mass is 32.1. The highest BCUT2D eigenvalue weighted by Gasteiger charge is 2.31. The third kappa shape index (κ3) is 2.63. The van der Waals surface area contributed by atoms with Crippen LogP contribution in [0.1, 0.15) is 22.5 Å². The Labute approximate surface area is 136 Å². The van der Waals surface area contributed by atoms with Crippen molar-refractivity contribution in [1.29, 1.82) is 0 Å². The second-order valence-electron chi connectivity index (χ2n) is 5.41. The number of likely N-dealkylation sites (tertiary alicyclic amines) is 1. The molecular weight excluding hydrogens is 314 g/mol. The summed E-state index contributed by atoms with van der Waals surface area (Å²) in [5, 5.41) is 17.3.